The van der Waals surface area contributed by atoms with E-state index in [4.69, 9.17) is 10.5 Å². The molecule has 0 unspecified atom stereocenters. The molecule has 6 heteroatoms. The molecular formula is C15H14F3NOS. The highest BCUT2D eigenvalue weighted by atomic mass is 32.2. The van der Waals surface area contributed by atoms with Gasteiger partial charge in [0.05, 0.1) is 0 Å². The maximum absolute atomic E-state index is 12.2. The van der Waals surface area contributed by atoms with Gasteiger partial charge in [-0.2, -0.15) is 13.2 Å². The number of anilines is 1. The molecule has 112 valence electrons. The summed E-state index contributed by atoms with van der Waals surface area (Å²) in [5.41, 5.74) is 3.86. The van der Waals surface area contributed by atoms with Crippen LogP contribution < -0.4 is 10.5 Å². The topological polar surface area (TPSA) is 35.2 Å². The Kier molecular flexibility index (Phi) is 4.67. The van der Waals surface area contributed by atoms with Crippen molar-refractivity contribution in [3.63, 3.8) is 0 Å². The number of rotatable bonds is 4. The van der Waals surface area contributed by atoms with Crippen LogP contribution in [0.15, 0.2) is 47.4 Å². The largest absolute Gasteiger partial charge is 0.489 e. The average Bonchev–Trinajstić information content (AvgIpc) is 2.40. The smallest absolute Gasteiger partial charge is 0.446 e. The van der Waals surface area contributed by atoms with Gasteiger partial charge in [0.2, 0.25) is 0 Å². The Bertz CT molecular complexity index is 611. The Labute approximate surface area is 125 Å². The molecule has 0 heterocycles. The van der Waals surface area contributed by atoms with Gasteiger partial charge in [-0.1, -0.05) is 12.1 Å². The first-order chi connectivity index (χ1) is 9.83. The second kappa shape index (κ2) is 6.30. The third kappa shape index (κ3) is 4.90. The number of hydrogen-bond acceptors (Lipinski definition) is 3. The molecule has 21 heavy (non-hydrogen) atoms. The zero-order chi connectivity index (χ0) is 15.5. The van der Waals surface area contributed by atoms with E-state index in [2.05, 4.69) is 0 Å². The Morgan fingerprint density at radius 2 is 1.76 bits per heavy atom. The summed E-state index contributed by atoms with van der Waals surface area (Å²) in [6, 6.07) is 11.5. The van der Waals surface area contributed by atoms with Gasteiger partial charge in [0.1, 0.15) is 12.4 Å². The maximum Gasteiger partial charge on any atom is 0.446 e. The van der Waals surface area contributed by atoms with Gasteiger partial charge in [-0.25, -0.2) is 0 Å². The van der Waals surface area contributed by atoms with Crippen LogP contribution in [0.1, 0.15) is 11.1 Å². The SMILES string of the molecule is Cc1cc(OCc2ccc(SC(F)(F)F)cc2)ccc1N. The number of hydrogen-bond donors (Lipinski definition) is 1. The van der Waals surface area contributed by atoms with Crippen molar-refractivity contribution in [2.75, 3.05) is 5.73 Å². The third-order valence-electron chi connectivity index (χ3n) is 2.80. The summed E-state index contributed by atoms with van der Waals surface area (Å²) < 4.78 is 42.2. The minimum Gasteiger partial charge on any atom is -0.489 e. The van der Waals surface area contributed by atoms with E-state index in [1.165, 1.54) is 12.1 Å². The number of nitrogen functional groups attached to an aromatic ring is 1. The zero-order valence-electron chi connectivity index (χ0n) is 11.3. The van der Waals surface area contributed by atoms with Gasteiger partial charge in [-0.15, -0.1) is 0 Å². The second-order valence-corrected chi connectivity index (χ2v) is 5.64. The van der Waals surface area contributed by atoms with Crippen molar-refractivity contribution in [3.8, 4) is 5.75 Å². The van der Waals surface area contributed by atoms with E-state index in [-0.39, 0.29) is 16.7 Å². The monoisotopic (exact) mass is 313 g/mol. The molecule has 0 aromatic heterocycles. The first kappa shape index (κ1) is 15.6. The molecule has 0 spiro atoms. The van der Waals surface area contributed by atoms with Crippen LogP contribution >= 0.6 is 11.8 Å². The summed E-state index contributed by atoms with van der Waals surface area (Å²) in [7, 11) is 0. The summed E-state index contributed by atoms with van der Waals surface area (Å²) in [6.45, 7) is 2.17. The summed E-state index contributed by atoms with van der Waals surface area (Å²) in [5, 5.41) is 0. The molecule has 2 rings (SSSR count). The predicted molar refractivity (Wildman–Crippen MR) is 78.3 cm³/mol. The van der Waals surface area contributed by atoms with Crippen LogP contribution in [0.4, 0.5) is 18.9 Å². The molecule has 0 aliphatic rings. The van der Waals surface area contributed by atoms with Crippen LogP contribution in [-0.2, 0) is 6.61 Å². The quantitative estimate of drug-likeness (QED) is 0.652. The minimum atomic E-state index is -4.26. The van der Waals surface area contributed by atoms with Crippen LogP contribution in [0.3, 0.4) is 0 Å². The van der Waals surface area contributed by atoms with Crippen molar-refractivity contribution < 1.29 is 17.9 Å². The fourth-order valence-corrected chi connectivity index (χ4v) is 2.23. The van der Waals surface area contributed by atoms with Gasteiger partial charge in [-0.05, 0) is 60.1 Å². The van der Waals surface area contributed by atoms with Gasteiger partial charge in [0.15, 0.2) is 0 Å². The Balaban J connectivity index is 1.96. The van der Waals surface area contributed by atoms with E-state index in [0.717, 1.165) is 11.1 Å². The number of nitrogens with two attached hydrogens (primary N) is 1. The Morgan fingerprint density at radius 1 is 1.10 bits per heavy atom. The van der Waals surface area contributed by atoms with Crippen LogP contribution in [0, 0.1) is 6.92 Å². The molecule has 0 fully saturated rings. The number of thioether (sulfide) groups is 1. The highest BCUT2D eigenvalue weighted by Gasteiger charge is 2.28. The highest BCUT2D eigenvalue weighted by molar-refractivity contribution is 8.00. The number of halogens is 3. The molecule has 0 saturated carbocycles. The molecule has 2 nitrogen and oxygen atoms in total. The van der Waals surface area contributed by atoms with Crippen molar-refractivity contribution in [2.24, 2.45) is 0 Å². The number of alkyl halides is 3. The van der Waals surface area contributed by atoms with Crippen molar-refractivity contribution in [2.45, 2.75) is 23.9 Å². The first-order valence-corrected chi connectivity index (χ1v) is 6.99. The number of benzene rings is 2. The van der Waals surface area contributed by atoms with E-state index in [1.54, 1.807) is 24.3 Å². The minimum absolute atomic E-state index is 0.127. The summed E-state index contributed by atoms with van der Waals surface area (Å²) in [4.78, 5) is 0.162. The molecule has 0 radical (unpaired) electrons. The molecule has 2 aromatic carbocycles. The van der Waals surface area contributed by atoms with Gasteiger partial charge >= 0.3 is 5.51 Å². The molecule has 0 aliphatic carbocycles. The highest BCUT2D eigenvalue weighted by Crippen LogP contribution is 2.36. The van der Waals surface area contributed by atoms with Crippen molar-refractivity contribution in [1.29, 1.82) is 0 Å². The molecule has 2 aromatic rings. The van der Waals surface area contributed by atoms with E-state index in [9.17, 15) is 13.2 Å². The molecule has 0 saturated heterocycles. The molecule has 0 aliphatic heterocycles. The summed E-state index contributed by atoms with van der Waals surface area (Å²) in [6.07, 6.45) is 0. The van der Waals surface area contributed by atoms with Gasteiger partial charge in [0, 0.05) is 10.6 Å². The van der Waals surface area contributed by atoms with Crippen LogP contribution in [0.25, 0.3) is 0 Å². The lowest BCUT2D eigenvalue weighted by atomic mass is 10.2. The lowest BCUT2D eigenvalue weighted by Gasteiger charge is -2.09. The molecule has 0 atom stereocenters. The lowest BCUT2D eigenvalue weighted by Crippen LogP contribution is -2.00. The zero-order valence-corrected chi connectivity index (χ0v) is 12.1. The molecule has 2 N–H and O–H groups in total. The van der Waals surface area contributed by atoms with Crippen LogP contribution in [0.5, 0.6) is 5.75 Å². The Hall–Kier alpha value is -1.82. The van der Waals surface area contributed by atoms with E-state index < -0.39 is 5.51 Å². The maximum atomic E-state index is 12.2. The van der Waals surface area contributed by atoms with Crippen molar-refractivity contribution in [3.05, 3.63) is 53.6 Å². The predicted octanol–water partition coefficient (Wildman–Crippen LogP) is 4.77. The fraction of sp³-hybridized carbons (Fsp3) is 0.200. The number of aryl methyl sites for hydroxylation is 1. The van der Waals surface area contributed by atoms with E-state index in [1.807, 2.05) is 13.0 Å². The van der Waals surface area contributed by atoms with Crippen molar-refractivity contribution >= 4 is 17.4 Å². The molecule has 0 amide bonds. The normalized spacial score (nSPS) is 11.4. The van der Waals surface area contributed by atoms with Gasteiger partial charge in [-0.3, -0.25) is 0 Å². The lowest BCUT2D eigenvalue weighted by molar-refractivity contribution is -0.0328. The molecule has 0 bridgehead atoms. The van der Waals surface area contributed by atoms with E-state index in [0.29, 0.717) is 18.0 Å². The number of ether oxygens (including phenoxy) is 1. The summed E-state index contributed by atoms with van der Waals surface area (Å²) >= 11 is -0.127. The fourth-order valence-electron chi connectivity index (χ4n) is 1.69. The third-order valence-corrected chi connectivity index (χ3v) is 3.54. The second-order valence-electron chi connectivity index (χ2n) is 4.50. The van der Waals surface area contributed by atoms with Crippen LogP contribution in [-0.4, -0.2) is 5.51 Å². The van der Waals surface area contributed by atoms with Crippen LogP contribution in [0.2, 0.25) is 0 Å². The van der Waals surface area contributed by atoms with Gasteiger partial charge in [0.25, 0.3) is 0 Å². The molecular weight excluding hydrogens is 299 g/mol. The first-order valence-electron chi connectivity index (χ1n) is 6.17. The van der Waals surface area contributed by atoms with Crippen molar-refractivity contribution in [1.82, 2.24) is 0 Å². The summed E-state index contributed by atoms with van der Waals surface area (Å²) in [5.74, 6) is 0.676. The Morgan fingerprint density at radius 3 is 2.33 bits per heavy atom. The average molecular weight is 313 g/mol. The van der Waals surface area contributed by atoms with Gasteiger partial charge < -0.3 is 10.5 Å². The van der Waals surface area contributed by atoms with E-state index >= 15 is 0 Å². The standard InChI is InChI=1S/C15H14F3NOS/c1-10-8-12(4-7-14(10)19)20-9-11-2-5-13(6-3-11)21-15(16,17)18/h2-8H,9,19H2,1H3.